The number of allylic oxidation sites excluding steroid dienone is 1. The highest BCUT2D eigenvalue weighted by Gasteiger charge is 2.29. The van der Waals surface area contributed by atoms with Gasteiger partial charge < -0.3 is 19.5 Å². The van der Waals surface area contributed by atoms with Crippen LogP contribution in [0.15, 0.2) is 60.4 Å². The Kier molecular flexibility index (Phi) is 7.09. The summed E-state index contributed by atoms with van der Waals surface area (Å²) >= 11 is 2.28. The van der Waals surface area contributed by atoms with E-state index in [0.717, 1.165) is 16.7 Å². The maximum atomic E-state index is 12.5. The second kappa shape index (κ2) is 9.54. The Labute approximate surface area is 179 Å². The number of aliphatic hydroxyl groups excluding tert-OH is 1. The van der Waals surface area contributed by atoms with E-state index in [1.54, 1.807) is 14.1 Å². The second-order valence-electron chi connectivity index (χ2n) is 6.96. The molecule has 1 N–H and O–H groups in total. The van der Waals surface area contributed by atoms with Crippen molar-refractivity contribution in [1.82, 2.24) is 4.90 Å². The van der Waals surface area contributed by atoms with Gasteiger partial charge in [0.05, 0.1) is 13.2 Å². The molecule has 5 nitrogen and oxygen atoms in total. The maximum absolute atomic E-state index is 12.5. The van der Waals surface area contributed by atoms with Crippen molar-refractivity contribution in [3.05, 3.63) is 80.6 Å². The van der Waals surface area contributed by atoms with E-state index in [1.807, 2.05) is 30.3 Å². The molecule has 3 rings (SSSR count). The van der Waals surface area contributed by atoms with Crippen molar-refractivity contribution >= 4 is 28.5 Å². The highest BCUT2D eigenvalue weighted by atomic mass is 127. The van der Waals surface area contributed by atoms with Gasteiger partial charge in [-0.1, -0.05) is 36.4 Å². The van der Waals surface area contributed by atoms with E-state index in [0.29, 0.717) is 18.8 Å². The smallest absolute Gasteiger partial charge is 0.288 e. The number of benzene rings is 2. The molecule has 1 heterocycles. The number of halogens is 1. The van der Waals surface area contributed by atoms with Gasteiger partial charge in [0.15, 0.2) is 5.76 Å². The number of ether oxygens (including phenoxy) is 2. The first kappa shape index (κ1) is 20.8. The third-order valence-electron chi connectivity index (χ3n) is 4.61. The molecule has 0 saturated carbocycles. The summed E-state index contributed by atoms with van der Waals surface area (Å²) in [4.78, 5) is 14.0. The molecule has 0 fully saturated rings. The standard InChI is InChI=1S/C22H24INO4/c1-24(2)22(26)20-11-18(17-7-9-19(23)10-8-17)12-21(28-20)27-14-16-5-3-15(13-25)4-6-16/h3-11,18,21,25H,12-14H2,1-2H3/t18-,21+/m1/s1. The Morgan fingerprint density at radius 1 is 1.14 bits per heavy atom. The number of nitrogens with zero attached hydrogens (tertiary/aromatic N) is 1. The molecule has 0 aromatic heterocycles. The van der Waals surface area contributed by atoms with Gasteiger partial charge in [-0.25, -0.2) is 0 Å². The number of likely N-dealkylation sites (N-methyl/N-ethyl adjacent to an activating group) is 1. The third-order valence-corrected chi connectivity index (χ3v) is 5.33. The summed E-state index contributed by atoms with van der Waals surface area (Å²) in [6.07, 6.45) is 2.02. The monoisotopic (exact) mass is 493 g/mol. The lowest BCUT2D eigenvalue weighted by Crippen LogP contribution is -2.32. The normalized spacial score (nSPS) is 18.9. The van der Waals surface area contributed by atoms with E-state index in [1.165, 1.54) is 8.47 Å². The van der Waals surface area contributed by atoms with Gasteiger partial charge in [-0.15, -0.1) is 0 Å². The molecule has 2 aromatic rings. The Morgan fingerprint density at radius 2 is 1.79 bits per heavy atom. The van der Waals surface area contributed by atoms with Crippen LogP contribution in [0.25, 0.3) is 0 Å². The van der Waals surface area contributed by atoms with Crippen molar-refractivity contribution in [1.29, 1.82) is 0 Å². The van der Waals surface area contributed by atoms with Crippen LogP contribution >= 0.6 is 22.6 Å². The van der Waals surface area contributed by atoms with Crippen molar-refractivity contribution < 1.29 is 19.4 Å². The summed E-state index contributed by atoms with van der Waals surface area (Å²) in [5.41, 5.74) is 2.98. The van der Waals surface area contributed by atoms with Crippen LogP contribution in [-0.4, -0.2) is 36.3 Å². The molecule has 0 radical (unpaired) electrons. The molecular formula is C22H24INO4. The molecule has 0 spiro atoms. The molecule has 2 aromatic carbocycles. The zero-order chi connectivity index (χ0) is 20.1. The molecule has 0 saturated heterocycles. The van der Waals surface area contributed by atoms with Gasteiger partial charge in [0.1, 0.15) is 0 Å². The minimum absolute atomic E-state index is 0.0192. The molecule has 2 atom stereocenters. The Morgan fingerprint density at radius 3 is 2.39 bits per heavy atom. The van der Waals surface area contributed by atoms with Gasteiger partial charge in [-0.2, -0.15) is 0 Å². The minimum Gasteiger partial charge on any atom is -0.459 e. The summed E-state index contributed by atoms with van der Waals surface area (Å²) in [6, 6.07) is 15.9. The van der Waals surface area contributed by atoms with E-state index >= 15 is 0 Å². The van der Waals surface area contributed by atoms with Crippen LogP contribution in [0.2, 0.25) is 0 Å². The van der Waals surface area contributed by atoms with Gasteiger partial charge in [-0.05, 0) is 57.5 Å². The predicted octanol–water partition coefficient (Wildman–Crippen LogP) is 3.80. The summed E-state index contributed by atoms with van der Waals surface area (Å²) < 4.78 is 13.0. The first-order valence-corrected chi connectivity index (χ1v) is 10.2. The number of amides is 1. The first-order chi connectivity index (χ1) is 13.5. The van der Waals surface area contributed by atoms with E-state index in [2.05, 4.69) is 46.9 Å². The van der Waals surface area contributed by atoms with Crippen molar-refractivity contribution in [2.45, 2.75) is 31.8 Å². The fourth-order valence-electron chi connectivity index (χ4n) is 3.00. The number of carbonyl (C=O) groups excluding carboxylic acids is 1. The molecule has 1 amide bonds. The van der Waals surface area contributed by atoms with Gasteiger partial charge in [0.2, 0.25) is 6.29 Å². The van der Waals surface area contributed by atoms with Crippen molar-refractivity contribution in [2.24, 2.45) is 0 Å². The summed E-state index contributed by atoms with van der Waals surface area (Å²) in [6.45, 7) is 0.393. The number of carbonyl (C=O) groups is 1. The highest BCUT2D eigenvalue weighted by Crippen LogP contribution is 2.32. The molecule has 0 aliphatic carbocycles. The molecule has 148 valence electrons. The molecular weight excluding hydrogens is 469 g/mol. The average Bonchev–Trinajstić information content (AvgIpc) is 2.72. The zero-order valence-electron chi connectivity index (χ0n) is 16.0. The number of hydrogen-bond acceptors (Lipinski definition) is 4. The van der Waals surface area contributed by atoms with Gasteiger partial charge in [-0.3, -0.25) is 4.79 Å². The largest absolute Gasteiger partial charge is 0.459 e. The van der Waals surface area contributed by atoms with Crippen LogP contribution in [0, 0.1) is 3.57 Å². The quantitative estimate of drug-likeness (QED) is 0.623. The average molecular weight is 493 g/mol. The summed E-state index contributed by atoms with van der Waals surface area (Å²) in [7, 11) is 3.42. The van der Waals surface area contributed by atoms with E-state index in [9.17, 15) is 4.79 Å². The molecule has 1 aliphatic heterocycles. The van der Waals surface area contributed by atoms with Gasteiger partial charge in [0, 0.05) is 30.0 Å². The lowest BCUT2D eigenvalue weighted by atomic mass is 9.93. The molecule has 6 heteroatoms. The van der Waals surface area contributed by atoms with Crippen LogP contribution in [0.5, 0.6) is 0 Å². The van der Waals surface area contributed by atoms with E-state index in [-0.39, 0.29) is 18.4 Å². The van der Waals surface area contributed by atoms with Gasteiger partial charge >= 0.3 is 0 Å². The first-order valence-electron chi connectivity index (χ1n) is 9.12. The van der Waals surface area contributed by atoms with E-state index in [4.69, 9.17) is 14.6 Å². The summed E-state index contributed by atoms with van der Waals surface area (Å²) in [5, 5.41) is 9.15. The number of aliphatic hydroxyl groups is 1. The minimum atomic E-state index is -0.509. The number of hydrogen-bond donors (Lipinski definition) is 1. The van der Waals surface area contributed by atoms with Gasteiger partial charge in [0.25, 0.3) is 5.91 Å². The van der Waals surface area contributed by atoms with Crippen LogP contribution in [0.4, 0.5) is 0 Å². The molecule has 28 heavy (non-hydrogen) atoms. The lowest BCUT2D eigenvalue weighted by molar-refractivity contribution is -0.154. The van der Waals surface area contributed by atoms with Crippen LogP contribution in [-0.2, 0) is 27.5 Å². The van der Waals surface area contributed by atoms with E-state index < -0.39 is 6.29 Å². The SMILES string of the molecule is CN(C)C(=O)C1=C[C@@H](c2ccc(I)cc2)C[C@@H](OCc2ccc(CO)cc2)O1. The Hall–Kier alpha value is -1.90. The Bertz CT molecular complexity index is 831. The molecule has 0 unspecified atom stereocenters. The third kappa shape index (κ3) is 5.33. The highest BCUT2D eigenvalue weighted by molar-refractivity contribution is 14.1. The summed E-state index contributed by atoms with van der Waals surface area (Å²) in [5.74, 6) is 0.197. The van der Waals surface area contributed by atoms with Crippen LogP contribution in [0.1, 0.15) is 29.0 Å². The zero-order valence-corrected chi connectivity index (χ0v) is 18.1. The Balaban J connectivity index is 1.74. The second-order valence-corrected chi connectivity index (χ2v) is 8.20. The predicted molar refractivity (Wildman–Crippen MR) is 115 cm³/mol. The fourth-order valence-corrected chi connectivity index (χ4v) is 3.36. The van der Waals surface area contributed by atoms with Crippen LogP contribution < -0.4 is 0 Å². The number of rotatable bonds is 6. The van der Waals surface area contributed by atoms with Crippen molar-refractivity contribution in [3.8, 4) is 0 Å². The molecule has 0 bridgehead atoms. The van der Waals surface area contributed by atoms with Crippen molar-refractivity contribution in [2.75, 3.05) is 14.1 Å². The maximum Gasteiger partial charge on any atom is 0.288 e. The molecule has 1 aliphatic rings. The van der Waals surface area contributed by atoms with Crippen LogP contribution in [0.3, 0.4) is 0 Å². The topological polar surface area (TPSA) is 59.0 Å². The fraction of sp³-hybridized carbons (Fsp3) is 0.318. The lowest BCUT2D eigenvalue weighted by Gasteiger charge is -2.30. The van der Waals surface area contributed by atoms with Crippen molar-refractivity contribution in [3.63, 3.8) is 0 Å².